The van der Waals surface area contributed by atoms with Crippen molar-refractivity contribution in [3.05, 3.63) is 15.6 Å². The molecule has 1 aromatic heterocycles. The number of aliphatic carboxylic acids is 1. The topological polar surface area (TPSA) is 70.5 Å². The molecule has 0 spiro atoms. The molecule has 1 N–H and O–H groups in total. The molecule has 0 unspecified atom stereocenters. The van der Waals surface area contributed by atoms with Crippen LogP contribution in [-0.4, -0.2) is 40.0 Å². The van der Waals surface area contributed by atoms with Crippen molar-refractivity contribution < 1.29 is 14.7 Å². The number of carboxylic acid groups (broad SMARTS) is 1. The summed E-state index contributed by atoms with van der Waals surface area (Å²) in [5.41, 5.74) is 0.732. The molecule has 0 bridgehead atoms. The minimum Gasteiger partial charge on any atom is -0.480 e. The van der Waals surface area contributed by atoms with Crippen molar-refractivity contribution in [2.75, 3.05) is 13.1 Å². The molecule has 1 aliphatic carbocycles. The number of carboxylic acids is 1. The van der Waals surface area contributed by atoms with Crippen LogP contribution in [0.15, 0.2) is 0 Å². The van der Waals surface area contributed by atoms with Gasteiger partial charge in [0.2, 0.25) is 0 Å². The van der Waals surface area contributed by atoms with Gasteiger partial charge in [-0.05, 0) is 25.7 Å². The summed E-state index contributed by atoms with van der Waals surface area (Å²) in [6.45, 7) is 5.99. The number of carbonyl (C=O) groups excluding carboxylic acids is 1. The molecule has 0 aliphatic heterocycles. The van der Waals surface area contributed by atoms with Crippen LogP contribution in [0.3, 0.4) is 0 Å². The normalized spacial score (nSPS) is 15.5. The van der Waals surface area contributed by atoms with Gasteiger partial charge in [-0.1, -0.05) is 26.7 Å². The Morgan fingerprint density at radius 2 is 2.00 bits per heavy atom. The summed E-state index contributed by atoms with van der Waals surface area (Å²) in [4.78, 5) is 30.3. The molecule has 122 valence electrons. The Kier molecular flexibility index (Phi) is 5.56. The molecular weight excluding hydrogens is 300 g/mol. The van der Waals surface area contributed by atoms with E-state index >= 15 is 0 Å². The number of amides is 1. The van der Waals surface area contributed by atoms with Gasteiger partial charge in [-0.2, -0.15) is 0 Å². The summed E-state index contributed by atoms with van der Waals surface area (Å²) in [5, 5.41) is 10.1. The van der Waals surface area contributed by atoms with E-state index in [4.69, 9.17) is 5.11 Å². The first kappa shape index (κ1) is 16.9. The van der Waals surface area contributed by atoms with Gasteiger partial charge in [0.05, 0.1) is 10.7 Å². The number of thiazole rings is 1. The van der Waals surface area contributed by atoms with Gasteiger partial charge in [0.25, 0.3) is 5.91 Å². The number of carbonyl (C=O) groups is 2. The largest absolute Gasteiger partial charge is 0.480 e. The fraction of sp³-hybridized carbons (Fsp3) is 0.688. The number of rotatable bonds is 6. The average molecular weight is 324 g/mol. The highest BCUT2D eigenvalue weighted by molar-refractivity contribution is 7.13. The van der Waals surface area contributed by atoms with Crippen LogP contribution in [0.2, 0.25) is 0 Å². The van der Waals surface area contributed by atoms with Crippen molar-refractivity contribution >= 4 is 23.2 Å². The highest BCUT2D eigenvalue weighted by Crippen LogP contribution is 2.37. The van der Waals surface area contributed by atoms with Gasteiger partial charge in [-0.25, -0.2) is 4.98 Å². The predicted molar refractivity (Wildman–Crippen MR) is 86.4 cm³/mol. The van der Waals surface area contributed by atoms with Crippen molar-refractivity contribution in [2.24, 2.45) is 5.92 Å². The molecule has 1 aromatic rings. The predicted octanol–water partition coefficient (Wildman–Crippen LogP) is 3.29. The quantitative estimate of drug-likeness (QED) is 0.871. The monoisotopic (exact) mass is 324 g/mol. The van der Waals surface area contributed by atoms with Gasteiger partial charge in [-0.15, -0.1) is 11.3 Å². The van der Waals surface area contributed by atoms with Crippen LogP contribution in [0.5, 0.6) is 0 Å². The van der Waals surface area contributed by atoms with E-state index in [-0.39, 0.29) is 18.4 Å². The van der Waals surface area contributed by atoms with Crippen molar-refractivity contribution in [3.63, 3.8) is 0 Å². The van der Waals surface area contributed by atoms with Crippen LogP contribution in [-0.2, 0) is 4.79 Å². The van der Waals surface area contributed by atoms with Crippen LogP contribution < -0.4 is 0 Å². The van der Waals surface area contributed by atoms with Gasteiger partial charge in [0, 0.05) is 12.5 Å². The second-order valence-electron chi connectivity index (χ2n) is 6.42. The Morgan fingerprint density at radius 1 is 1.36 bits per heavy atom. The van der Waals surface area contributed by atoms with Crippen LogP contribution in [0, 0.1) is 12.8 Å². The Labute approximate surface area is 135 Å². The number of hydrogen-bond acceptors (Lipinski definition) is 4. The molecule has 1 aliphatic rings. The van der Waals surface area contributed by atoms with Gasteiger partial charge in [-0.3, -0.25) is 9.59 Å². The molecule has 1 fully saturated rings. The second-order valence-corrected chi connectivity index (χ2v) is 7.45. The third kappa shape index (κ3) is 4.06. The summed E-state index contributed by atoms with van der Waals surface area (Å²) in [5.74, 6) is -0.475. The van der Waals surface area contributed by atoms with Crippen LogP contribution in [0.4, 0.5) is 0 Å². The highest BCUT2D eigenvalue weighted by Gasteiger charge is 2.27. The number of aryl methyl sites for hydroxylation is 1. The van der Waals surface area contributed by atoms with Crippen molar-refractivity contribution in [3.8, 4) is 0 Å². The average Bonchev–Trinajstić information content (AvgIpc) is 3.04. The second kappa shape index (κ2) is 7.22. The van der Waals surface area contributed by atoms with E-state index in [9.17, 15) is 9.59 Å². The van der Waals surface area contributed by atoms with Crippen molar-refractivity contribution in [1.29, 1.82) is 0 Å². The molecule has 0 atom stereocenters. The molecule has 1 saturated carbocycles. The van der Waals surface area contributed by atoms with E-state index in [0.717, 1.165) is 23.5 Å². The van der Waals surface area contributed by atoms with E-state index in [0.29, 0.717) is 17.3 Å². The molecule has 0 aromatic carbocycles. The van der Waals surface area contributed by atoms with E-state index in [2.05, 4.69) is 4.98 Å². The lowest BCUT2D eigenvalue weighted by Crippen LogP contribution is -2.38. The number of nitrogens with zero attached hydrogens (tertiary/aromatic N) is 2. The van der Waals surface area contributed by atoms with Crippen molar-refractivity contribution in [2.45, 2.75) is 52.4 Å². The highest BCUT2D eigenvalue weighted by atomic mass is 32.1. The Bertz CT molecular complexity index is 548. The first-order valence-corrected chi connectivity index (χ1v) is 8.68. The lowest BCUT2D eigenvalue weighted by Gasteiger charge is -2.22. The Morgan fingerprint density at radius 3 is 2.55 bits per heavy atom. The SMILES string of the molecule is Cc1nc(C2CCCC2)sc1C(=O)N(CC(=O)O)CC(C)C. The number of aromatic nitrogens is 1. The van der Waals surface area contributed by atoms with E-state index in [1.807, 2.05) is 20.8 Å². The van der Waals surface area contributed by atoms with E-state index in [1.54, 1.807) is 0 Å². The fourth-order valence-electron chi connectivity index (χ4n) is 2.93. The fourth-order valence-corrected chi connectivity index (χ4v) is 4.13. The smallest absolute Gasteiger partial charge is 0.323 e. The Balaban J connectivity index is 2.20. The van der Waals surface area contributed by atoms with Gasteiger partial charge < -0.3 is 10.0 Å². The number of hydrogen-bond donors (Lipinski definition) is 1. The maximum absolute atomic E-state index is 12.7. The minimum atomic E-state index is -0.979. The maximum Gasteiger partial charge on any atom is 0.323 e. The van der Waals surface area contributed by atoms with E-state index < -0.39 is 5.97 Å². The lowest BCUT2D eigenvalue weighted by molar-refractivity contribution is -0.137. The first-order valence-electron chi connectivity index (χ1n) is 7.87. The minimum absolute atomic E-state index is 0.199. The van der Waals surface area contributed by atoms with Crippen LogP contribution in [0.1, 0.15) is 65.8 Å². The molecular formula is C16H24N2O3S. The zero-order chi connectivity index (χ0) is 16.3. The lowest BCUT2D eigenvalue weighted by atomic mass is 10.1. The molecule has 1 amide bonds. The van der Waals surface area contributed by atoms with Crippen LogP contribution >= 0.6 is 11.3 Å². The maximum atomic E-state index is 12.7. The van der Waals surface area contributed by atoms with Gasteiger partial charge >= 0.3 is 5.97 Å². The van der Waals surface area contributed by atoms with E-state index in [1.165, 1.54) is 29.1 Å². The Hall–Kier alpha value is -1.43. The van der Waals surface area contributed by atoms with Gasteiger partial charge in [0.15, 0.2) is 0 Å². The third-order valence-electron chi connectivity index (χ3n) is 3.91. The zero-order valence-corrected chi connectivity index (χ0v) is 14.3. The first-order chi connectivity index (χ1) is 10.4. The van der Waals surface area contributed by atoms with Crippen molar-refractivity contribution in [1.82, 2.24) is 9.88 Å². The van der Waals surface area contributed by atoms with Gasteiger partial charge in [0.1, 0.15) is 11.4 Å². The summed E-state index contributed by atoms with van der Waals surface area (Å²) in [6.07, 6.45) is 4.74. The molecule has 1 heterocycles. The molecule has 2 rings (SSSR count). The summed E-state index contributed by atoms with van der Waals surface area (Å²) in [6, 6.07) is 0. The standard InChI is InChI=1S/C16H24N2O3S/c1-10(2)8-18(9-13(19)20)16(21)14-11(3)17-15(22-14)12-6-4-5-7-12/h10,12H,4-9H2,1-3H3,(H,19,20). The molecule has 6 heteroatoms. The zero-order valence-electron chi connectivity index (χ0n) is 13.5. The van der Waals surface area contributed by atoms with Crippen LogP contribution in [0.25, 0.3) is 0 Å². The molecule has 5 nitrogen and oxygen atoms in total. The summed E-state index contributed by atoms with van der Waals surface area (Å²) < 4.78 is 0. The molecule has 0 saturated heterocycles. The third-order valence-corrected chi connectivity index (χ3v) is 5.22. The summed E-state index contributed by atoms with van der Waals surface area (Å²) in [7, 11) is 0. The summed E-state index contributed by atoms with van der Waals surface area (Å²) >= 11 is 1.45. The molecule has 22 heavy (non-hydrogen) atoms. The molecule has 0 radical (unpaired) electrons.